The van der Waals surface area contributed by atoms with E-state index in [4.69, 9.17) is 4.42 Å². The molecule has 0 radical (unpaired) electrons. The molecule has 31 heavy (non-hydrogen) atoms. The molecule has 9 nitrogen and oxygen atoms in total. The van der Waals surface area contributed by atoms with Crippen LogP contribution >= 0.6 is 0 Å². The second kappa shape index (κ2) is 8.47. The van der Waals surface area contributed by atoms with E-state index in [1.807, 2.05) is 25.1 Å². The van der Waals surface area contributed by atoms with Crippen LogP contribution in [0.4, 0.5) is 5.69 Å². The zero-order chi connectivity index (χ0) is 22.0. The number of benzene rings is 2. The molecule has 1 aromatic heterocycles. The fourth-order valence-corrected chi connectivity index (χ4v) is 3.63. The number of fused-ring (bicyclic) bond motifs is 1. The van der Waals surface area contributed by atoms with Crippen LogP contribution in [0, 0.1) is 6.92 Å². The van der Waals surface area contributed by atoms with Crippen molar-refractivity contribution in [2.24, 2.45) is 0 Å². The highest BCUT2D eigenvalue weighted by atomic mass is 16.4. The van der Waals surface area contributed by atoms with Gasteiger partial charge in [-0.05, 0) is 36.8 Å². The van der Waals surface area contributed by atoms with E-state index >= 15 is 0 Å². The standard InChI is InChI=1S/C22H22N4O5/c1-14-4-2-3-5-16(14)21(29)26-10-8-25(9-11-26)20(28)13-19(27)23-15-6-7-18-17(12-15)24-22(30)31-18/h2-7,12H,8-11,13H2,1H3,(H,23,27)(H,24,30). The average Bonchev–Trinajstić information content (AvgIpc) is 3.13. The Morgan fingerprint density at radius 3 is 2.48 bits per heavy atom. The Balaban J connectivity index is 1.30. The first-order valence-electron chi connectivity index (χ1n) is 9.96. The van der Waals surface area contributed by atoms with Crippen molar-refractivity contribution in [3.63, 3.8) is 0 Å². The minimum atomic E-state index is -0.575. The number of aromatic nitrogens is 1. The number of aryl methyl sites for hydroxylation is 1. The van der Waals surface area contributed by atoms with Gasteiger partial charge in [-0.15, -0.1) is 0 Å². The van der Waals surface area contributed by atoms with E-state index in [-0.39, 0.29) is 18.2 Å². The smallest absolute Gasteiger partial charge is 0.408 e. The summed E-state index contributed by atoms with van der Waals surface area (Å²) >= 11 is 0. The average molecular weight is 422 g/mol. The molecule has 3 aromatic rings. The van der Waals surface area contributed by atoms with Crippen molar-refractivity contribution in [1.29, 1.82) is 0 Å². The van der Waals surface area contributed by atoms with Crippen LogP contribution < -0.4 is 11.1 Å². The van der Waals surface area contributed by atoms with Gasteiger partial charge in [0.05, 0.1) is 5.52 Å². The van der Waals surface area contributed by atoms with Crippen LogP contribution in [-0.2, 0) is 9.59 Å². The minimum Gasteiger partial charge on any atom is -0.408 e. The van der Waals surface area contributed by atoms with Gasteiger partial charge >= 0.3 is 5.76 Å². The Labute approximate surface area is 177 Å². The van der Waals surface area contributed by atoms with Crippen LogP contribution in [0.15, 0.2) is 51.7 Å². The Morgan fingerprint density at radius 1 is 1.03 bits per heavy atom. The second-order valence-electron chi connectivity index (χ2n) is 7.44. The number of nitrogens with one attached hydrogen (secondary N) is 2. The van der Waals surface area contributed by atoms with Crippen molar-refractivity contribution in [1.82, 2.24) is 14.8 Å². The number of rotatable bonds is 4. The molecule has 1 aliphatic heterocycles. The minimum absolute atomic E-state index is 0.0457. The molecule has 0 aliphatic carbocycles. The highest BCUT2D eigenvalue weighted by molar-refractivity contribution is 6.04. The van der Waals surface area contributed by atoms with E-state index in [2.05, 4.69) is 10.3 Å². The summed E-state index contributed by atoms with van der Waals surface area (Å²) in [5.74, 6) is -1.36. The number of H-pyrrole nitrogens is 1. The number of amides is 3. The highest BCUT2D eigenvalue weighted by Crippen LogP contribution is 2.17. The molecule has 0 spiro atoms. The fourth-order valence-electron chi connectivity index (χ4n) is 3.63. The highest BCUT2D eigenvalue weighted by Gasteiger charge is 2.26. The van der Waals surface area contributed by atoms with Crippen molar-refractivity contribution in [2.75, 3.05) is 31.5 Å². The summed E-state index contributed by atoms with van der Waals surface area (Å²) in [4.78, 5) is 54.6. The molecule has 0 saturated carbocycles. The third kappa shape index (κ3) is 4.50. The zero-order valence-electron chi connectivity index (χ0n) is 17.0. The van der Waals surface area contributed by atoms with Crippen LogP contribution in [0.5, 0.6) is 0 Å². The Morgan fingerprint density at radius 2 is 1.74 bits per heavy atom. The number of anilines is 1. The first-order valence-corrected chi connectivity index (χ1v) is 9.96. The van der Waals surface area contributed by atoms with Crippen LogP contribution in [0.2, 0.25) is 0 Å². The van der Waals surface area contributed by atoms with Crippen molar-refractivity contribution in [2.45, 2.75) is 13.3 Å². The lowest BCUT2D eigenvalue weighted by Gasteiger charge is -2.35. The normalized spacial score (nSPS) is 14.0. The predicted molar refractivity (Wildman–Crippen MR) is 114 cm³/mol. The van der Waals surface area contributed by atoms with E-state index in [9.17, 15) is 19.2 Å². The fraction of sp³-hybridized carbons (Fsp3) is 0.273. The van der Waals surface area contributed by atoms with Gasteiger partial charge in [-0.1, -0.05) is 18.2 Å². The number of piperazine rings is 1. The van der Waals surface area contributed by atoms with E-state index in [1.165, 1.54) is 0 Å². The molecular formula is C22H22N4O5. The molecular weight excluding hydrogens is 400 g/mol. The number of hydrogen-bond donors (Lipinski definition) is 2. The van der Waals surface area contributed by atoms with Gasteiger partial charge in [0.15, 0.2) is 5.58 Å². The lowest BCUT2D eigenvalue weighted by atomic mass is 10.1. The maximum atomic E-state index is 12.7. The lowest BCUT2D eigenvalue weighted by Crippen LogP contribution is -2.51. The quantitative estimate of drug-likeness (QED) is 0.622. The Hall–Kier alpha value is -3.88. The van der Waals surface area contributed by atoms with Crippen LogP contribution in [0.1, 0.15) is 22.3 Å². The summed E-state index contributed by atoms with van der Waals surface area (Å²) in [5, 5.41) is 2.65. The molecule has 1 fully saturated rings. The van der Waals surface area contributed by atoms with Gasteiger partial charge in [0.25, 0.3) is 5.91 Å². The molecule has 0 bridgehead atoms. The summed E-state index contributed by atoms with van der Waals surface area (Å²) in [6.45, 7) is 3.50. The topological polar surface area (TPSA) is 116 Å². The maximum absolute atomic E-state index is 12.7. The largest absolute Gasteiger partial charge is 0.417 e. The monoisotopic (exact) mass is 422 g/mol. The van der Waals surface area contributed by atoms with Crippen molar-refractivity contribution in [3.05, 3.63) is 64.1 Å². The maximum Gasteiger partial charge on any atom is 0.417 e. The van der Waals surface area contributed by atoms with Gasteiger partial charge in [-0.3, -0.25) is 19.4 Å². The number of carbonyl (C=O) groups excluding carboxylic acids is 3. The van der Waals surface area contributed by atoms with Crippen molar-refractivity contribution < 1.29 is 18.8 Å². The van der Waals surface area contributed by atoms with Gasteiger partial charge in [0.1, 0.15) is 6.42 Å². The van der Waals surface area contributed by atoms with E-state index in [0.717, 1.165) is 5.56 Å². The lowest BCUT2D eigenvalue weighted by molar-refractivity contribution is -0.135. The summed E-state index contributed by atoms with van der Waals surface area (Å²) in [7, 11) is 0. The van der Waals surface area contributed by atoms with Crippen LogP contribution in [0.3, 0.4) is 0 Å². The Bertz CT molecular complexity index is 1200. The molecule has 4 rings (SSSR count). The van der Waals surface area contributed by atoms with E-state index in [1.54, 1.807) is 34.1 Å². The number of aromatic amines is 1. The molecule has 160 valence electrons. The first-order chi connectivity index (χ1) is 14.9. The third-order valence-corrected chi connectivity index (χ3v) is 5.31. The van der Waals surface area contributed by atoms with E-state index < -0.39 is 11.7 Å². The molecule has 9 heteroatoms. The first kappa shape index (κ1) is 20.4. The predicted octanol–water partition coefficient (Wildman–Crippen LogP) is 1.74. The molecule has 0 atom stereocenters. The number of nitrogens with zero attached hydrogens (tertiary/aromatic N) is 2. The Kier molecular flexibility index (Phi) is 5.57. The number of oxazole rings is 1. The second-order valence-corrected chi connectivity index (χ2v) is 7.44. The molecule has 1 saturated heterocycles. The number of hydrogen-bond acceptors (Lipinski definition) is 5. The van der Waals surface area contributed by atoms with Gasteiger partial charge in [0, 0.05) is 37.4 Å². The summed E-state index contributed by atoms with van der Waals surface area (Å²) in [5.41, 5.74) is 2.88. The molecule has 2 heterocycles. The molecule has 3 amide bonds. The van der Waals surface area contributed by atoms with Gasteiger partial charge in [0.2, 0.25) is 11.8 Å². The summed E-state index contributed by atoms with van der Waals surface area (Å²) in [6, 6.07) is 12.1. The van der Waals surface area contributed by atoms with Crippen LogP contribution in [-0.4, -0.2) is 58.7 Å². The van der Waals surface area contributed by atoms with Crippen LogP contribution in [0.25, 0.3) is 11.1 Å². The molecule has 2 aromatic carbocycles. The molecule has 0 unspecified atom stereocenters. The summed E-state index contributed by atoms with van der Waals surface area (Å²) in [6.07, 6.45) is -0.300. The van der Waals surface area contributed by atoms with E-state index in [0.29, 0.717) is 48.5 Å². The van der Waals surface area contributed by atoms with Gasteiger partial charge < -0.3 is 19.5 Å². The SMILES string of the molecule is Cc1ccccc1C(=O)N1CCN(C(=O)CC(=O)Nc2ccc3oc(=O)[nH]c3c2)CC1. The molecule has 2 N–H and O–H groups in total. The number of carbonyl (C=O) groups is 3. The zero-order valence-corrected chi connectivity index (χ0v) is 17.0. The van der Waals surface area contributed by atoms with Gasteiger partial charge in [-0.25, -0.2) is 4.79 Å². The van der Waals surface area contributed by atoms with Crippen molar-refractivity contribution >= 4 is 34.5 Å². The van der Waals surface area contributed by atoms with Gasteiger partial charge in [-0.2, -0.15) is 0 Å². The molecule has 1 aliphatic rings. The van der Waals surface area contributed by atoms with Crippen molar-refractivity contribution in [3.8, 4) is 0 Å². The third-order valence-electron chi connectivity index (χ3n) is 5.31. The summed E-state index contributed by atoms with van der Waals surface area (Å²) < 4.78 is 4.92.